The van der Waals surface area contributed by atoms with E-state index < -0.39 is 0 Å². The maximum Gasteiger partial charge on any atom is 0.174 e. The fraction of sp³-hybridized carbons (Fsp3) is 0.130. The third-order valence-corrected chi connectivity index (χ3v) is 4.38. The van der Waals surface area contributed by atoms with Gasteiger partial charge in [-0.2, -0.15) is 10.4 Å². The number of aromatic nitrogens is 4. The molecule has 0 unspecified atom stereocenters. The molecule has 148 valence electrons. The van der Waals surface area contributed by atoms with E-state index in [9.17, 15) is 0 Å². The molecule has 4 rings (SSSR count). The minimum absolute atomic E-state index is 0.191. The largest absolute Gasteiger partial charge is 0.453 e. The molecule has 0 bridgehead atoms. The summed E-state index contributed by atoms with van der Waals surface area (Å²) in [7, 11) is 0. The van der Waals surface area contributed by atoms with Crippen LogP contribution in [0.2, 0.25) is 0 Å². The van der Waals surface area contributed by atoms with Crippen molar-refractivity contribution in [2.24, 2.45) is 0 Å². The Kier molecular flexibility index (Phi) is 5.39. The van der Waals surface area contributed by atoms with E-state index in [1.165, 1.54) is 0 Å². The lowest BCUT2D eigenvalue weighted by atomic mass is 10.2. The van der Waals surface area contributed by atoms with Crippen molar-refractivity contribution in [3.8, 4) is 29.0 Å². The first-order valence-corrected chi connectivity index (χ1v) is 9.54. The molecule has 3 aromatic heterocycles. The molecule has 7 heteroatoms. The van der Waals surface area contributed by atoms with Crippen molar-refractivity contribution in [1.29, 1.82) is 5.26 Å². The van der Waals surface area contributed by atoms with Crippen molar-refractivity contribution < 1.29 is 4.74 Å². The zero-order valence-electron chi connectivity index (χ0n) is 16.6. The van der Waals surface area contributed by atoms with E-state index >= 15 is 0 Å². The third-order valence-electron chi connectivity index (χ3n) is 4.38. The molecule has 1 N–H and O–H groups in total. The predicted molar refractivity (Wildman–Crippen MR) is 115 cm³/mol. The van der Waals surface area contributed by atoms with E-state index in [4.69, 9.17) is 10.00 Å². The Bertz CT molecular complexity index is 1180. The summed E-state index contributed by atoms with van der Waals surface area (Å²) in [6.45, 7) is 4.12. The lowest BCUT2D eigenvalue weighted by molar-refractivity contribution is 0.477. The summed E-state index contributed by atoms with van der Waals surface area (Å²) in [6.07, 6.45) is 5.29. The normalized spacial score (nSPS) is 10.6. The zero-order chi connectivity index (χ0) is 20.9. The van der Waals surface area contributed by atoms with Crippen molar-refractivity contribution in [2.45, 2.75) is 19.9 Å². The van der Waals surface area contributed by atoms with Gasteiger partial charge in [-0.05, 0) is 56.3 Å². The Morgan fingerprint density at radius 1 is 1.03 bits per heavy atom. The molecule has 1 aromatic carbocycles. The molecular formula is C23H20N6O. The second kappa shape index (κ2) is 8.45. The van der Waals surface area contributed by atoms with Gasteiger partial charge < -0.3 is 10.1 Å². The molecule has 0 atom stereocenters. The Morgan fingerprint density at radius 2 is 1.87 bits per heavy atom. The second-order valence-corrected chi connectivity index (χ2v) is 6.92. The highest BCUT2D eigenvalue weighted by Crippen LogP contribution is 2.33. The fourth-order valence-electron chi connectivity index (χ4n) is 2.84. The number of rotatable bonds is 6. The topological polar surface area (TPSA) is 88.6 Å². The van der Waals surface area contributed by atoms with Gasteiger partial charge in [0.2, 0.25) is 0 Å². The lowest BCUT2D eigenvalue weighted by Gasteiger charge is -2.09. The van der Waals surface area contributed by atoms with Crippen molar-refractivity contribution in [1.82, 2.24) is 19.7 Å². The Morgan fingerprint density at radius 3 is 2.57 bits per heavy atom. The number of pyridine rings is 2. The number of benzene rings is 1. The third kappa shape index (κ3) is 4.28. The van der Waals surface area contributed by atoms with Crippen molar-refractivity contribution >= 4 is 11.5 Å². The van der Waals surface area contributed by atoms with Crippen LogP contribution in [0, 0.1) is 11.3 Å². The molecule has 0 saturated heterocycles. The number of hydrogen-bond donors (Lipinski definition) is 1. The van der Waals surface area contributed by atoms with E-state index in [1.54, 1.807) is 30.6 Å². The van der Waals surface area contributed by atoms with Crippen LogP contribution >= 0.6 is 0 Å². The lowest BCUT2D eigenvalue weighted by Crippen LogP contribution is -2.00. The van der Waals surface area contributed by atoms with Gasteiger partial charge in [-0.3, -0.25) is 9.67 Å². The van der Waals surface area contributed by atoms with Crippen LogP contribution in [-0.4, -0.2) is 19.7 Å². The molecule has 0 aliphatic heterocycles. The molecule has 0 spiro atoms. The molecule has 0 radical (unpaired) electrons. The summed E-state index contributed by atoms with van der Waals surface area (Å²) in [5, 5.41) is 16.8. The quantitative estimate of drug-likeness (QED) is 0.474. The van der Waals surface area contributed by atoms with E-state index in [-0.39, 0.29) is 6.04 Å². The molecule has 3 heterocycles. The summed E-state index contributed by atoms with van der Waals surface area (Å²) in [5.74, 6) is 1.88. The summed E-state index contributed by atoms with van der Waals surface area (Å²) in [5.41, 5.74) is 2.87. The molecule has 0 fully saturated rings. The summed E-state index contributed by atoms with van der Waals surface area (Å²) in [6, 6.07) is 18.8. The van der Waals surface area contributed by atoms with Gasteiger partial charge in [-0.25, -0.2) is 4.98 Å². The monoisotopic (exact) mass is 396 g/mol. The van der Waals surface area contributed by atoms with Crippen LogP contribution in [0.15, 0.2) is 73.2 Å². The Hall–Kier alpha value is -4.18. The smallest absolute Gasteiger partial charge is 0.174 e. The first-order chi connectivity index (χ1) is 14.6. The van der Waals surface area contributed by atoms with E-state index in [0.29, 0.717) is 28.6 Å². The Balaban J connectivity index is 1.60. The number of ether oxygens (including phenoxy) is 1. The number of anilines is 2. The highest BCUT2D eigenvalue weighted by molar-refractivity contribution is 5.63. The molecule has 0 saturated carbocycles. The SMILES string of the molecule is CC(C)n1cc(Oc2ccnc(Nc3ccc(C#N)cc3)c2)c(-c2ccccn2)n1. The van der Waals surface area contributed by atoms with Crippen LogP contribution in [0.4, 0.5) is 11.5 Å². The molecular weight excluding hydrogens is 376 g/mol. The number of nitriles is 1. The van der Waals surface area contributed by atoms with Crippen molar-refractivity contribution in [3.63, 3.8) is 0 Å². The molecule has 0 aliphatic carbocycles. The van der Waals surface area contributed by atoms with Gasteiger partial charge in [-0.1, -0.05) is 6.07 Å². The average molecular weight is 396 g/mol. The first-order valence-electron chi connectivity index (χ1n) is 9.54. The summed E-state index contributed by atoms with van der Waals surface area (Å²) in [4.78, 5) is 8.75. The van der Waals surface area contributed by atoms with Crippen LogP contribution in [0.25, 0.3) is 11.4 Å². The highest BCUT2D eigenvalue weighted by atomic mass is 16.5. The molecule has 30 heavy (non-hydrogen) atoms. The van der Waals surface area contributed by atoms with Crippen molar-refractivity contribution in [3.05, 3.63) is 78.8 Å². The van der Waals surface area contributed by atoms with Crippen LogP contribution in [0.5, 0.6) is 11.5 Å². The van der Waals surface area contributed by atoms with Gasteiger partial charge in [0.15, 0.2) is 11.4 Å². The van der Waals surface area contributed by atoms with Gasteiger partial charge in [0.1, 0.15) is 11.6 Å². The van der Waals surface area contributed by atoms with E-state index in [2.05, 4.69) is 40.3 Å². The van der Waals surface area contributed by atoms with Crippen molar-refractivity contribution in [2.75, 3.05) is 5.32 Å². The standard InChI is InChI=1S/C23H20N6O/c1-16(2)29-15-21(23(28-29)20-5-3-4-11-25-20)30-19-10-12-26-22(13-19)27-18-8-6-17(14-24)7-9-18/h3-13,15-16H,1-2H3,(H,26,27). The molecule has 0 amide bonds. The number of nitrogens with one attached hydrogen (secondary N) is 1. The second-order valence-electron chi connectivity index (χ2n) is 6.92. The minimum atomic E-state index is 0.191. The van der Waals surface area contributed by atoms with Crippen LogP contribution < -0.4 is 10.1 Å². The molecule has 7 nitrogen and oxygen atoms in total. The summed E-state index contributed by atoms with van der Waals surface area (Å²) >= 11 is 0. The van der Waals surface area contributed by atoms with Gasteiger partial charge in [0.05, 0.1) is 23.5 Å². The average Bonchev–Trinajstić information content (AvgIpc) is 3.19. The highest BCUT2D eigenvalue weighted by Gasteiger charge is 2.16. The predicted octanol–water partition coefficient (Wildman–Crippen LogP) is 5.33. The van der Waals surface area contributed by atoms with Gasteiger partial charge in [-0.15, -0.1) is 0 Å². The summed E-state index contributed by atoms with van der Waals surface area (Å²) < 4.78 is 8.02. The van der Waals surface area contributed by atoms with Gasteiger partial charge >= 0.3 is 0 Å². The van der Waals surface area contributed by atoms with Crippen LogP contribution in [0.3, 0.4) is 0 Å². The van der Waals surface area contributed by atoms with Crippen LogP contribution in [-0.2, 0) is 0 Å². The maximum atomic E-state index is 8.92. The van der Waals surface area contributed by atoms with Crippen LogP contribution in [0.1, 0.15) is 25.5 Å². The minimum Gasteiger partial charge on any atom is -0.453 e. The number of hydrogen-bond acceptors (Lipinski definition) is 6. The van der Waals surface area contributed by atoms with Gasteiger partial charge in [0.25, 0.3) is 0 Å². The van der Waals surface area contributed by atoms with E-state index in [0.717, 1.165) is 11.4 Å². The number of nitrogens with zero attached hydrogens (tertiary/aromatic N) is 5. The first kappa shape index (κ1) is 19.2. The molecule has 4 aromatic rings. The maximum absolute atomic E-state index is 8.92. The van der Waals surface area contributed by atoms with Gasteiger partial charge in [0, 0.05) is 30.2 Å². The zero-order valence-corrected chi connectivity index (χ0v) is 16.6. The molecule has 0 aliphatic rings. The Labute approximate surface area is 174 Å². The fourth-order valence-corrected chi connectivity index (χ4v) is 2.84. The van der Waals surface area contributed by atoms with E-state index in [1.807, 2.05) is 47.3 Å².